The van der Waals surface area contributed by atoms with Gasteiger partial charge in [0.05, 0.1) is 17.6 Å². The van der Waals surface area contributed by atoms with E-state index in [2.05, 4.69) is 20.3 Å². The number of thiazole rings is 1. The van der Waals surface area contributed by atoms with Crippen LogP contribution in [0.4, 0.5) is 9.52 Å². The molecule has 0 aliphatic heterocycles. The summed E-state index contributed by atoms with van der Waals surface area (Å²) in [4.78, 5) is 25.0. The maximum absolute atomic E-state index is 13.3. The third kappa shape index (κ3) is 3.79. The van der Waals surface area contributed by atoms with Gasteiger partial charge in [0.2, 0.25) is 0 Å². The zero-order valence-corrected chi connectivity index (χ0v) is 16.9. The van der Waals surface area contributed by atoms with Gasteiger partial charge in [0.25, 0.3) is 5.91 Å². The van der Waals surface area contributed by atoms with Gasteiger partial charge in [-0.25, -0.2) is 14.4 Å². The molecule has 6 nitrogen and oxygen atoms in total. The molecule has 0 spiro atoms. The molecule has 3 heterocycles. The minimum absolute atomic E-state index is 0.238. The summed E-state index contributed by atoms with van der Waals surface area (Å²) in [5, 5.41) is 5.15. The highest BCUT2D eigenvalue weighted by Gasteiger charge is 2.16. The van der Waals surface area contributed by atoms with E-state index in [9.17, 15) is 9.18 Å². The van der Waals surface area contributed by atoms with E-state index in [1.165, 1.54) is 29.7 Å². The molecule has 0 aliphatic rings. The molecular formula is C21H18FN5OS. The summed E-state index contributed by atoms with van der Waals surface area (Å²) in [5.74, 6) is -0.621. The SMILES string of the molecule is Cc1cnc(C(=O)Nc2nc(-c3cc(C)n(-c4ccc(F)cc4)c3C)cs2)cn1. The van der Waals surface area contributed by atoms with Gasteiger partial charge in [0.1, 0.15) is 11.5 Å². The van der Waals surface area contributed by atoms with Crippen LogP contribution in [-0.4, -0.2) is 25.4 Å². The van der Waals surface area contributed by atoms with Crippen molar-refractivity contribution in [2.75, 3.05) is 5.32 Å². The van der Waals surface area contributed by atoms with E-state index >= 15 is 0 Å². The minimum atomic E-state index is -0.352. The standard InChI is InChI=1S/C21H18FN5OS/c1-12-9-24-18(10-23-12)20(28)26-21-25-19(11-29-21)17-8-13(2)27(14(17)3)16-6-4-15(22)5-7-16/h4-11H,1-3H3,(H,25,26,28). The molecule has 29 heavy (non-hydrogen) atoms. The number of benzene rings is 1. The number of carbonyl (C=O) groups excluding carboxylic acids is 1. The maximum Gasteiger partial charge on any atom is 0.277 e. The van der Waals surface area contributed by atoms with E-state index in [1.807, 2.05) is 36.8 Å². The first kappa shape index (κ1) is 18.9. The fraction of sp³-hybridized carbons (Fsp3) is 0.143. The van der Waals surface area contributed by atoms with E-state index in [-0.39, 0.29) is 17.4 Å². The molecule has 0 atom stereocenters. The molecule has 0 unspecified atom stereocenters. The second-order valence-electron chi connectivity index (χ2n) is 6.63. The summed E-state index contributed by atoms with van der Waals surface area (Å²) in [6, 6.07) is 8.41. The van der Waals surface area contributed by atoms with Crippen molar-refractivity contribution in [1.82, 2.24) is 19.5 Å². The van der Waals surface area contributed by atoms with Crippen LogP contribution in [0.25, 0.3) is 16.9 Å². The smallest absolute Gasteiger partial charge is 0.277 e. The van der Waals surface area contributed by atoms with Crippen molar-refractivity contribution in [3.05, 3.63) is 76.7 Å². The van der Waals surface area contributed by atoms with Crippen LogP contribution >= 0.6 is 11.3 Å². The van der Waals surface area contributed by atoms with Crippen LogP contribution in [0, 0.1) is 26.6 Å². The van der Waals surface area contributed by atoms with Crippen LogP contribution in [0.2, 0.25) is 0 Å². The van der Waals surface area contributed by atoms with Gasteiger partial charge in [0.15, 0.2) is 5.13 Å². The summed E-state index contributed by atoms with van der Waals surface area (Å²) in [6.07, 6.45) is 2.99. The van der Waals surface area contributed by atoms with Crippen molar-refractivity contribution in [3.63, 3.8) is 0 Å². The second kappa shape index (κ2) is 7.56. The Labute approximate surface area is 171 Å². The first-order valence-corrected chi connectivity index (χ1v) is 9.81. The van der Waals surface area contributed by atoms with Crippen LogP contribution in [0.15, 0.2) is 48.1 Å². The lowest BCUT2D eigenvalue weighted by molar-refractivity contribution is 0.102. The molecule has 0 radical (unpaired) electrons. The molecule has 0 saturated carbocycles. The third-order valence-corrected chi connectivity index (χ3v) is 5.29. The Morgan fingerprint density at radius 3 is 2.55 bits per heavy atom. The first-order valence-electron chi connectivity index (χ1n) is 8.93. The Balaban J connectivity index is 1.60. The lowest BCUT2D eigenvalue weighted by Crippen LogP contribution is -2.13. The van der Waals surface area contributed by atoms with Crippen molar-refractivity contribution >= 4 is 22.4 Å². The maximum atomic E-state index is 13.3. The third-order valence-electron chi connectivity index (χ3n) is 4.53. The molecule has 1 amide bonds. The molecule has 8 heteroatoms. The van der Waals surface area contributed by atoms with Gasteiger partial charge in [-0.1, -0.05) is 0 Å². The average Bonchev–Trinajstić information content (AvgIpc) is 3.27. The fourth-order valence-corrected chi connectivity index (χ4v) is 3.84. The van der Waals surface area contributed by atoms with Gasteiger partial charge in [-0.3, -0.25) is 15.1 Å². The number of aromatic nitrogens is 4. The number of halogens is 1. The highest BCUT2D eigenvalue weighted by Crippen LogP contribution is 2.31. The van der Waals surface area contributed by atoms with Crippen molar-refractivity contribution in [2.24, 2.45) is 0 Å². The molecule has 146 valence electrons. The monoisotopic (exact) mass is 407 g/mol. The quantitative estimate of drug-likeness (QED) is 0.532. The van der Waals surface area contributed by atoms with E-state index in [1.54, 1.807) is 18.3 Å². The van der Waals surface area contributed by atoms with Crippen LogP contribution in [0.5, 0.6) is 0 Å². The number of nitrogens with zero attached hydrogens (tertiary/aromatic N) is 4. The Morgan fingerprint density at radius 2 is 1.86 bits per heavy atom. The van der Waals surface area contributed by atoms with E-state index in [4.69, 9.17) is 0 Å². The number of carbonyl (C=O) groups is 1. The largest absolute Gasteiger partial charge is 0.318 e. The molecule has 0 aliphatic carbocycles. The fourth-order valence-electron chi connectivity index (χ4n) is 3.14. The number of nitrogens with one attached hydrogen (secondary N) is 1. The molecule has 4 rings (SSSR count). The summed E-state index contributed by atoms with van der Waals surface area (Å²) in [6.45, 7) is 5.79. The van der Waals surface area contributed by atoms with E-state index in [0.29, 0.717) is 5.13 Å². The Morgan fingerprint density at radius 1 is 1.10 bits per heavy atom. The molecule has 0 saturated heterocycles. The molecule has 4 aromatic rings. The highest BCUT2D eigenvalue weighted by molar-refractivity contribution is 7.14. The molecule has 0 bridgehead atoms. The summed E-state index contributed by atoms with van der Waals surface area (Å²) >= 11 is 1.34. The number of hydrogen-bond donors (Lipinski definition) is 1. The van der Waals surface area contributed by atoms with Gasteiger partial charge < -0.3 is 4.57 Å². The Hall–Kier alpha value is -3.39. The molecule has 3 aromatic heterocycles. The van der Waals surface area contributed by atoms with Gasteiger partial charge in [-0.05, 0) is 51.1 Å². The van der Waals surface area contributed by atoms with E-state index in [0.717, 1.165) is 34.0 Å². The van der Waals surface area contributed by atoms with E-state index < -0.39 is 0 Å². The predicted octanol–water partition coefficient (Wildman–Crippen LogP) is 4.71. The normalized spacial score (nSPS) is 10.9. The highest BCUT2D eigenvalue weighted by atomic mass is 32.1. The number of hydrogen-bond acceptors (Lipinski definition) is 5. The van der Waals surface area contributed by atoms with Crippen molar-refractivity contribution < 1.29 is 9.18 Å². The molecule has 1 aromatic carbocycles. The zero-order valence-electron chi connectivity index (χ0n) is 16.1. The van der Waals surface area contributed by atoms with Gasteiger partial charge >= 0.3 is 0 Å². The summed E-state index contributed by atoms with van der Waals surface area (Å²) in [5.41, 5.74) is 5.59. The van der Waals surface area contributed by atoms with Gasteiger partial charge in [0, 0.05) is 34.2 Å². The lowest BCUT2D eigenvalue weighted by Gasteiger charge is -2.09. The summed E-state index contributed by atoms with van der Waals surface area (Å²) in [7, 11) is 0. The first-order chi connectivity index (χ1) is 13.9. The number of anilines is 1. The Bertz CT molecular complexity index is 1180. The van der Waals surface area contributed by atoms with Crippen molar-refractivity contribution in [2.45, 2.75) is 20.8 Å². The molecular weight excluding hydrogens is 389 g/mol. The molecule has 1 N–H and O–H groups in total. The van der Waals surface area contributed by atoms with Crippen LogP contribution in [0.3, 0.4) is 0 Å². The second-order valence-corrected chi connectivity index (χ2v) is 7.49. The average molecular weight is 407 g/mol. The van der Waals surface area contributed by atoms with Crippen LogP contribution in [0.1, 0.15) is 27.6 Å². The lowest BCUT2D eigenvalue weighted by atomic mass is 10.2. The zero-order chi connectivity index (χ0) is 20.5. The number of amides is 1. The predicted molar refractivity (Wildman–Crippen MR) is 111 cm³/mol. The topological polar surface area (TPSA) is 72.7 Å². The molecule has 0 fully saturated rings. The van der Waals surface area contributed by atoms with Crippen molar-refractivity contribution in [3.8, 4) is 16.9 Å². The van der Waals surface area contributed by atoms with Crippen LogP contribution < -0.4 is 5.32 Å². The van der Waals surface area contributed by atoms with Crippen molar-refractivity contribution in [1.29, 1.82) is 0 Å². The van der Waals surface area contributed by atoms with Gasteiger partial charge in [-0.2, -0.15) is 0 Å². The number of aryl methyl sites for hydroxylation is 2. The van der Waals surface area contributed by atoms with Crippen LogP contribution in [-0.2, 0) is 0 Å². The minimum Gasteiger partial charge on any atom is -0.318 e. The summed E-state index contributed by atoms with van der Waals surface area (Å²) < 4.78 is 15.3. The Kier molecular flexibility index (Phi) is 4.94. The van der Waals surface area contributed by atoms with Gasteiger partial charge in [-0.15, -0.1) is 11.3 Å². The number of rotatable bonds is 4.